The molecule has 2 heterocycles. The van der Waals surface area contributed by atoms with Crippen LogP contribution in [0.1, 0.15) is 63.0 Å². The molecule has 0 aromatic carbocycles. The van der Waals surface area contributed by atoms with Gasteiger partial charge in [-0.25, -0.2) is 9.78 Å². The number of pyridine rings is 2. The summed E-state index contributed by atoms with van der Waals surface area (Å²) < 4.78 is 12.9. The van der Waals surface area contributed by atoms with Gasteiger partial charge in [0, 0.05) is 36.8 Å². The minimum atomic E-state index is -0.672. The largest absolute Gasteiger partial charge is 0.505 e. The van der Waals surface area contributed by atoms with Crippen molar-refractivity contribution in [2.45, 2.75) is 53.5 Å². The highest BCUT2D eigenvalue weighted by Gasteiger charge is 2.37. The van der Waals surface area contributed by atoms with E-state index in [1.165, 1.54) is 19.2 Å². The van der Waals surface area contributed by atoms with Crippen molar-refractivity contribution < 1.29 is 24.2 Å². The Bertz CT molecular complexity index is 1100. The first-order valence-electron chi connectivity index (χ1n) is 11.0. The van der Waals surface area contributed by atoms with Crippen LogP contribution >= 0.6 is 34.2 Å². The first-order valence-corrected chi connectivity index (χ1v) is 12.4. The topological polar surface area (TPSA) is 108 Å². The first-order chi connectivity index (χ1) is 15.9. The molecule has 0 saturated carbocycles. The van der Waals surface area contributed by atoms with Gasteiger partial charge in [0.05, 0.1) is 13.2 Å². The number of hydrogen-bond donors (Lipinski definition) is 1. The zero-order valence-electron chi connectivity index (χ0n) is 19.9. The second-order valence-electron chi connectivity index (χ2n) is 8.69. The summed E-state index contributed by atoms with van der Waals surface area (Å²) in [5.41, 5.74) is -0.187. The normalized spacial score (nSPS) is 13.3. The Morgan fingerprint density at radius 2 is 1.97 bits per heavy atom. The monoisotopic (exact) mass is 604 g/mol. The molecular weight excluding hydrogens is 575 g/mol. The molecule has 2 aromatic rings. The van der Waals surface area contributed by atoms with Crippen LogP contribution in [0.4, 0.5) is 0 Å². The number of rotatable bonds is 10. The number of aromatic nitrogens is 2. The van der Waals surface area contributed by atoms with E-state index in [1.54, 1.807) is 19.2 Å². The van der Waals surface area contributed by atoms with E-state index in [0.717, 1.165) is 5.56 Å². The fourth-order valence-corrected chi connectivity index (χ4v) is 4.88. The zero-order chi connectivity index (χ0) is 25.6. The molecule has 2 rings (SSSR count). The number of esters is 2. The Hall–Kier alpha value is -2.14. The van der Waals surface area contributed by atoms with Crippen molar-refractivity contribution in [2.24, 2.45) is 11.3 Å². The average molecular weight is 605 g/mol. The molecule has 0 aliphatic heterocycles. The molecule has 0 radical (unpaired) electrons. The molecule has 0 fully saturated rings. The molecule has 0 aliphatic carbocycles. The summed E-state index contributed by atoms with van der Waals surface area (Å²) in [5, 5.41) is 10.2. The number of carbonyl (C=O) groups excluding carboxylic acids is 2. The molecule has 8 nitrogen and oxygen atoms in total. The van der Waals surface area contributed by atoms with Gasteiger partial charge in [-0.3, -0.25) is 9.59 Å². The maximum absolute atomic E-state index is 12.3. The van der Waals surface area contributed by atoms with E-state index in [0.29, 0.717) is 16.5 Å². The lowest BCUT2D eigenvalue weighted by atomic mass is 9.71. The fourth-order valence-electron chi connectivity index (χ4n) is 3.98. The van der Waals surface area contributed by atoms with Crippen molar-refractivity contribution >= 4 is 46.1 Å². The van der Waals surface area contributed by atoms with E-state index in [4.69, 9.17) is 21.1 Å². The van der Waals surface area contributed by atoms with Crippen molar-refractivity contribution in [3.63, 3.8) is 0 Å². The maximum atomic E-state index is 12.3. The van der Waals surface area contributed by atoms with Crippen LogP contribution in [-0.4, -0.2) is 39.8 Å². The molecule has 186 valence electrons. The van der Waals surface area contributed by atoms with E-state index < -0.39 is 16.8 Å². The van der Waals surface area contributed by atoms with Gasteiger partial charge in [0.25, 0.3) is 0 Å². The third-order valence-electron chi connectivity index (χ3n) is 5.78. The van der Waals surface area contributed by atoms with E-state index in [-0.39, 0.29) is 47.6 Å². The minimum Gasteiger partial charge on any atom is -0.505 e. The number of nitrogens with zero attached hydrogens (tertiary/aromatic N) is 2. The molecule has 0 aliphatic rings. The number of carbonyl (C=O) groups is 2. The van der Waals surface area contributed by atoms with Crippen LogP contribution in [0.3, 0.4) is 0 Å². The van der Waals surface area contributed by atoms with Crippen molar-refractivity contribution in [3.05, 3.63) is 54.7 Å². The van der Waals surface area contributed by atoms with Gasteiger partial charge >= 0.3 is 11.9 Å². The lowest BCUT2D eigenvalue weighted by Gasteiger charge is -2.40. The van der Waals surface area contributed by atoms with Crippen LogP contribution < -0.4 is 5.43 Å². The zero-order valence-corrected chi connectivity index (χ0v) is 22.8. The molecule has 2 aromatic heterocycles. The lowest BCUT2D eigenvalue weighted by molar-refractivity contribution is -0.145. The molecule has 0 bridgehead atoms. The van der Waals surface area contributed by atoms with Gasteiger partial charge in [0.15, 0.2) is 16.3 Å². The van der Waals surface area contributed by atoms with Crippen LogP contribution in [0, 0.1) is 15.0 Å². The quantitative estimate of drug-likeness (QED) is 0.236. The van der Waals surface area contributed by atoms with E-state index in [2.05, 4.69) is 27.6 Å². The van der Waals surface area contributed by atoms with Gasteiger partial charge in [0.1, 0.15) is 9.26 Å². The van der Waals surface area contributed by atoms with Crippen molar-refractivity contribution in [3.8, 4) is 5.75 Å². The average Bonchev–Trinajstić information content (AvgIpc) is 2.76. The third kappa shape index (κ3) is 6.94. The number of halogens is 2. The van der Waals surface area contributed by atoms with Crippen LogP contribution in [0.2, 0.25) is 5.15 Å². The number of hydrogen-bond acceptors (Lipinski definition) is 7. The van der Waals surface area contributed by atoms with E-state index in [1.807, 2.05) is 25.3 Å². The van der Waals surface area contributed by atoms with Gasteiger partial charge in [-0.05, 0) is 59.9 Å². The smallest absolute Gasteiger partial charge is 0.343 e. The van der Waals surface area contributed by atoms with Crippen molar-refractivity contribution in [1.82, 2.24) is 9.55 Å². The first kappa shape index (κ1) is 28.1. The molecule has 0 saturated heterocycles. The van der Waals surface area contributed by atoms with Crippen molar-refractivity contribution in [1.29, 1.82) is 0 Å². The van der Waals surface area contributed by atoms with E-state index in [9.17, 15) is 19.5 Å². The highest BCUT2D eigenvalue weighted by atomic mass is 127. The molecular formula is C24H30ClIN2O6. The Kier molecular flexibility index (Phi) is 9.93. The van der Waals surface area contributed by atoms with Crippen LogP contribution in [-0.2, 0) is 20.7 Å². The van der Waals surface area contributed by atoms with Crippen molar-refractivity contribution in [2.75, 3.05) is 13.2 Å². The fraction of sp³-hybridized carbons (Fsp3) is 0.500. The molecule has 0 amide bonds. The van der Waals surface area contributed by atoms with Gasteiger partial charge in [-0.1, -0.05) is 32.4 Å². The standard InChI is InChI=1S/C24H30ClIN2O6/c1-6-18(28-9-8-19(30)16(12-28)23(32)33-7-2)17(24(4,5)13-34-14(3)29)10-15-11-20(31)21(25)27-22(15)26/h8-9,11-12,17-18,31H,6-7,10,13H2,1-5H3. The molecule has 0 spiro atoms. The number of aromatic hydroxyl groups is 1. The van der Waals surface area contributed by atoms with Crippen LogP contribution in [0.5, 0.6) is 5.75 Å². The lowest BCUT2D eigenvalue weighted by Crippen LogP contribution is -2.38. The molecule has 1 N–H and O–H groups in total. The van der Waals surface area contributed by atoms with Gasteiger partial charge in [-0.2, -0.15) is 0 Å². The molecule has 10 heteroatoms. The SMILES string of the molecule is CCOC(=O)c1cn(C(CC)C(Cc2cc(O)c(Cl)nc2I)C(C)(C)COC(C)=O)ccc1=O. The summed E-state index contributed by atoms with van der Waals surface area (Å²) >= 11 is 8.04. The van der Waals surface area contributed by atoms with Crippen LogP contribution in [0.15, 0.2) is 29.3 Å². The van der Waals surface area contributed by atoms with Gasteiger partial charge < -0.3 is 19.1 Å². The Morgan fingerprint density at radius 1 is 1.29 bits per heavy atom. The summed E-state index contributed by atoms with van der Waals surface area (Å²) in [6, 6.07) is 2.76. The van der Waals surface area contributed by atoms with E-state index >= 15 is 0 Å². The summed E-state index contributed by atoms with van der Waals surface area (Å²) in [7, 11) is 0. The van der Waals surface area contributed by atoms with Gasteiger partial charge in [-0.15, -0.1) is 0 Å². The Labute approximate surface area is 217 Å². The highest BCUT2D eigenvalue weighted by Crippen LogP contribution is 2.41. The second kappa shape index (κ2) is 12.0. The van der Waals surface area contributed by atoms with Crippen LogP contribution in [0.25, 0.3) is 0 Å². The maximum Gasteiger partial charge on any atom is 0.343 e. The Balaban J connectivity index is 2.59. The minimum absolute atomic E-state index is 0.0235. The number of ether oxygens (including phenoxy) is 2. The summed E-state index contributed by atoms with van der Waals surface area (Å²) in [4.78, 5) is 40.4. The van der Waals surface area contributed by atoms with Gasteiger partial charge in [0.2, 0.25) is 0 Å². The molecule has 2 unspecified atom stereocenters. The molecule has 2 atom stereocenters. The second-order valence-corrected chi connectivity index (χ2v) is 10.1. The predicted molar refractivity (Wildman–Crippen MR) is 137 cm³/mol. The summed E-state index contributed by atoms with van der Waals surface area (Å²) in [5.74, 6) is -1.32. The molecule has 34 heavy (non-hydrogen) atoms. The highest BCUT2D eigenvalue weighted by molar-refractivity contribution is 14.1. The third-order valence-corrected chi connectivity index (χ3v) is 6.99. The predicted octanol–water partition coefficient (Wildman–Crippen LogP) is 4.78. The summed E-state index contributed by atoms with van der Waals surface area (Å²) in [6.45, 7) is 9.36. The summed E-state index contributed by atoms with van der Waals surface area (Å²) in [6.07, 6.45) is 4.30. The Morgan fingerprint density at radius 3 is 2.56 bits per heavy atom.